The molecule has 0 saturated carbocycles. The van der Waals surface area contributed by atoms with Gasteiger partial charge in [0.15, 0.2) is 0 Å². The maximum atomic E-state index is 11.4. The van der Waals surface area contributed by atoms with Crippen LogP contribution in [0.5, 0.6) is 0 Å². The number of carboxylic acids is 2. The van der Waals surface area contributed by atoms with Gasteiger partial charge in [0.05, 0.1) is 6.54 Å². The third-order valence-electron chi connectivity index (χ3n) is 3.03. The maximum Gasteiger partial charge on any atom is 0.320 e. The Labute approximate surface area is 122 Å². The standard InChI is InChI=1S/C14H21NO4S/c1-10(2)7-12(14(18)19)15(8-13(16)17)5-3-11-4-6-20-9-11/h4,6,9-10,12H,3,5,7-8H2,1-2H3,(H,16,17)(H,18,19). The van der Waals surface area contributed by atoms with Gasteiger partial charge in [-0.1, -0.05) is 13.8 Å². The van der Waals surface area contributed by atoms with Crippen molar-refractivity contribution >= 4 is 23.3 Å². The molecule has 0 aliphatic rings. The van der Waals surface area contributed by atoms with Crippen LogP contribution in [0.15, 0.2) is 16.8 Å². The van der Waals surface area contributed by atoms with Gasteiger partial charge in [-0.15, -0.1) is 0 Å². The first-order valence-corrected chi connectivity index (χ1v) is 7.54. The fourth-order valence-electron chi connectivity index (χ4n) is 2.08. The summed E-state index contributed by atoms with van der Waals surface area (Å²) in [5.74, 6) is -1.75. The highest BCUT2D eigenvalue weighted by Crippen LogP contribution is 2.14. The summed E-state index contributed by atoms with van der Waals surface area (Å²) < 4.78 is 0. The number of hydrogen-bond donors (Lipinski definition) is 2. The molecule has 6 heteroatoms. The maximum absolute atomic E-state index is 11.4. The summed E-state index contributed by atoms with van der Waals surface area (Å²) in [7, 11) is 0. The van der Waals surface area contributed by atoms with Crippen molar-refractivity contribution in [2.45, 2.75) is 32.7 Å². The van der Waals surface area contributed by atoms with Gasteiger partial charge >= 0.3 is 11.9 Å². The molecular weight excluding hydrogens is 278 g/mol. The lowest BCUT2D eigenvalue weighted by Gasteiger charge is -2.28. The Morgan fingerprint density at radius 2 is 2.05 bits per heavy atom. The minimum absolute atomic E-state index is 0.202. The lowest BCUT2D eigenvalue weighted by Crippen LogP contribution is -2.45. The van der Waals surface area contributed by atoms with Gasteiger partial charge in [-0.3, -0.25) is 14.5 Å². The van der Waals surface area contributed by atoms with E-state index in [0.717, 1.165) is 5.56 Å². The van der Waals surface area contributed by atoms with Crippen LogP contribution in [0.4, 0.5) is 0 Å². The van der Waals surface area contributed by atoms with Gasteiger partial charge in [0.1, 0.15) is 6.04 Å². The van der Waals surface area contributed by atoms with Gasteiger partial charge < -0.3 is 10.2 Å². The molecule has 2 N–H and O–H groups in total. The summed E-state index contributed by atoms with van der Waals surface area (Å²) in [6.07, 6.45) is 1.12. The van der Waals surface area contributed by atoms with E-state index in [4.69, 9.17) is 5.11 Å². The molecule has 0 aliphatic carbocycles. The summed E-state index contributed by atoms with van der Waals surface area (Å²) in [6, 6.07) is 1.23. The van der Waals surface area contributed by atoms with Crippen molar-refractivity contribution in [1.29, 1.82) is 0 Å². The summed E-state index contributed by atoms with van der Waals surface area (Å²) in [6.45, 7) is 4.07. The Bertz CT molecular complexity index is 430. The predicted octanol–water partition coefficient (Wildman–Crippen LogP) is 2.18. The molecule has 20 heavy (non-hydrogen) atoms. The summed E-state index contributed by atoms with van der Waals surface area (Å²) in [5, 5.41) is 22.3. The molecule has 0 spiro atoms. The zero-order chi connectivity index (χ0) is 15.1. The second kappa shape index (κ2) is 8.01. The molecule has 1 unspecified atom stereocenters. The average Bonchev–Trinajstić information content (AvgIpc) is 2.83. The molecule has 1 rings (SSSR count). The van der Waals surface area contributed by atoms with Crippen molar-refractivity contribution in [3.05, 3.63) is 22.4 Å². The molecule has 5 nitrogen and oxygen atoms in total. The molecule has 0 bridgehead atoms. The molecule has 1 atom stereocenters. The van der Waals surface area contributed by atoms with E-state index in [1.807, 2.05) is 30.7 Å². The van der Waals surface area contributed by atoms with Gasteiger partial charge in [0.2, 0.25) is 0 Å². The van der Waals surface area contributed by atoms with Crippen molar-refractivity contribution in [3.8, 4) is 0 Å². The SMILES string of the molecule is CC(C)CC(C(=O)O)N(CCc1ccsc1)CC(=O)O. The summed E-state index contributed by atoms with van der Waals surface area (Å²) in [5.41, 5.74) is 1.11. The van der Waals surface area contributed by atoms with Crippen LogP contribution >= 0.6 is 11.3 Å². The van der Waals surface area contributed by atoms with Crippen molar-refractivity contribution in [2.24, 2.45) is 5.92 Å². The fourth-order valence-corrected chi connectivity index (χ4v) is 2.78. The number of thiophene rings is 1. The van der Waals surface area contributed by atoms with E-state index in [1.165, 1.54) is 0 Å². The molecule has 0 fully saturated rings. The molecule has 0 amide bonds. The van der Waals surface area contributed by atoms with Gasteiger partial charge in [0.25, 0.3) is 0 Å². The van der Waals surface area contributed by atoms with E-state index in [0.29, 0.717) is 19.4 Å². The quantitative estimate of drug-likeness (QED) is 0.730. The number of carboxylic acid groups (broad SMARTS) is 2. The number of carbonyl (C=O) groups is 2. The average molecular weight is 299 g/mol. The van der Waals surface area contributed by atoms with Crippen LogP contribution in [0.25, 0.3) is 0 Å². The second-order valence-corrected chi connectivity index (χ2v) is 6.01. The van der Waals surface area contributed by atoms with E-state index in [2.05, 4.69) is 0 Å². The fraction of sp³-hybridized carbons (Fsp3) is 0.571. The monoisotopic (exact) mass is 299 g/mol. The van der Waals surface area contributed by atoms with E-state index in [1.54, 1.807) is 16.2 Å². The predicted molar refractivity (Wildman–Crippen MR) is 78.1 cm³/mol. The third-order valence-corrected chi connectivity index (χ3v) is 3.76. The minimum Gasteiger partial charge on any atom is -0.480 e. The normalized spacial score (nSPS) is 12.8. The van der Waals surface area contributed by atoms with E-state index in [-0.39, 0.29) is 12.5 Å². The first-order chi connectivity index (χ1) is 9.40. The van der Waals surface area contributed by atoms with Crippen molar-refractivity contribution in [3.63, 3.8) is 0 Å². The second-order valence-electron chi connectivity index (χ2n) is 5.23. The highest BCUT2D eigenvalue weighted by Gasteiger charge is 2.27. The van der Waals surface area contributed by atoms with Crippen LogP contribution in [0.1, 0.15) is 25.8 Å². The molecular formula is C14H21NO4S. The Kier molecular flexibility index (Phi) is 6.67. The van der Waals surface area contributed by atoms with Crippen molar-refractivity contribution < 1.29 is 19.8 Å². The van der Waals surface area contributed by atoms with E-state index in [9.17, 15) is 14.7 Å². The third kappa shape index (κ3) is 5.71. The van der Waals surface area contributed by atoms with Crippen LogP contribution in [-0.2, 0) is 16.0 Å². The lowest BCUT2D eigenvalue weighted by atomic mass is 10.0. The number of aliphatic carboxylic acids is 2. The van der Waals surface area contributed by atoms with Crippen LogP contribution < -0.4 is 0 Å². The lowest BCUT2D eigenvalue weighted by molar-refractivity contribution is -0.146. The van der Waals surface area contributed by atoms with Crippen molar-refractivity contribution in [2.75, 3.05) is 13.1 Å². The zero-order valence-electron chi connectivity index (χ0n) is 11.8. The van der Waals surface area contributed by atoms with Gasteiger partial charge in [-0.25, -0.2) is 0 Å². The van der Waals surface area contributed by atoms with Gasteiger partial charge in [-0.05, 0) is 41.1 Å². The van der Waals surface area contributed by atoms with Crippen LogP contribution in [-0.4, -0.2) is 46.2 Å². The summed E-state index contributed by atoms with van der Waals surface area (Å²) in [4.78, 5) is 23.9. The molecule has 0 aliphatic heterocycles. The first kappa shape index (κ1) is 16.7. The molecule has 112 valence electrons. The Morgan fingerprint density at radius 1 is 1.35 bits per heavy atom. The van der Waals surface area contributed by atoms with Gasteiger partial charge in [-0.2, -0.15) is 11.3 Å². The molecule has 0 radical (unpaired) electrons. The van der Waals surface area contributed by atoms with E-state index < -0.39 is 18.0 Å². The van der Waals surface area contributed by atoms with Crippen LogP contribution in [0, 0.1) is 5.92 Å². The largest absolute Gasteiger partial charge is 0.480 e. The molecule has 0 saturated heterocycles. The van der Waals surface area contributed by atoms with E-state index >= 15 is 0 Å². The van der Waals surface area contributed by atoms with Crippen LogP contribution in [0.2, 0.25) is 0 Å². The number of rotatable bonds is 9. The van der Waals surface area contributed by atoms with Crippen molar-refractivity contribution in [1.82, 2.24) is 4.90 Å². The van der Waals surface area contributed by atoms with Crippen LogP contribution in [0.3, 0.4) is 0 Å². The molecule has 0 aromatic carbocycles. The minimum atomic E-state index is -0.995. The number of hydrogen-bond acceptors (Lipinski definition) is 4. The van der Waals surface area contributed by atoms with Gasteiger partial charge in [0, 0.05) is 6.54 Å². The molecule has 1 heterocycles. The number of nitrogens with zero attached hydrogens (tertiary/aromatic N) is 1. The molecule has 1 aromatic rings. The Morgan fingerprint density at radius 3 is 2.50 bits per heavy atom. The highest BCUT2D eigenvalue weighted by molar-refractivity contribution is 7.07. The first-order valence-electron chi connectivity index (χ1n) is 6.60. The Balaban J connectivity index is 2.73. The smallest absolute Gasteiger partial charge is 0.320 e. The topological polar surface area (TPSA) is 77.8 Å². The highest BCUT2D eigenvalue weighted by atomic mass is 32.1. The zero-order valence-corrected chi connectivity index (χ0v) is 12.6. The molecule has 1 aromatic heterocycles. The summed E-state index contributed by atoms with van der Waals surface area (Å²) >= 11 is 1.58. The Hall–Kier alpha value is -1.40.